The molecule has 33 heavy (non-hydrogen) atoms. The van der Waals surface area contributed by atoms with Gasteiger partial charge in [-0.05, 0) is 91.1 Å². The average molecular weight is 448 g/mol. The molecule has 1 N–H and O–H groups in total. The van der Waals surface area contributed by atoms with Crippen LogP contribution in [0.1, 0.15) is 72.0 Å². The SMILES string of the molecule is Cc1cc(C)c(CCC(=O)c2c(C)n(C(C)C3CCN(C)C(C)C3)c3ccccc23)c(=O)[nH]1. The molecule has 0 aliphatic carbocycles. The van der Waals surface area contributed by atoms with E-state index in [0.717, 1.165) is 40.0 Å². The number of aromatic nitrogens is 2. The van der Waals surface area contributed by atoms with Gasteiger partial charge in [0.2, 0.25) is 0 Å². The predicted octanol–water partition coefficient (Wildman–Crippen LogP) is 5.36. The minimum absolute atomic E-state index is 0.0792. The summed E-state index contributed by atoms with van der Waals surface area (Å²) in [6.07, 6.45) is 3.14. The predicted molar refractivity (Wildman–Crippen MR) is 135 cm³/mol. The lowest BCUT2D eigenvalue weighted by molar-refractivity contribution is 0.0982. The summed E-state index contributed by atoms with van der Waals surface area (Å²) in [5.74, 6) is 0.702. The molecule has 1 aromatic carbocycles. The highest BCUT2D eigenvalue weighted by Gasteiger charge is 2.30. The Hall–Kier alpha value is -2.66. The summed E-state index contributed by atoms with van der Waals surface area (Å²) in [7, 11) is 2.21. The third kappa shape index (κ3) is 4.43. The third-order valence-corrected chi connectivity index (χ3v) is 7.87. The van der Waals surface area contributed by atoms with Crippen molar-refractivity contribution >= 4 is 16.7 Å². The fraction of sp³-hybridized carbons (Fsp3) is 0.500. The van der Waals surface area contributed by atoms with Gasteiger partial charge in [0.25, 0.3) is 5.56 Å². The molecule has 0 amide bonds. The Labute approximate surface area is 196 Å². The molecule has 3 heterocycles. The number of likely N-dealkylation sites (tertiary alicyclic amines) is 1. The van der Waals surface area contributed by atoms with E-state index in [9.17, 15) is 9.59 Å². The van der Waals surface area contributed by atoms with E-state index < -0.39 is 0 Å². The number of rotatable bonds is 6. The van der Waals surface area contributed by atoms with Gasteiger partial charge in [-0.3, -0.25) is 9.59 Å². The number of carbonyl (C=O) groups excluding carboxylic acids is 1. The number of Topliss-reactive ketones (excluding diaryl/α,β-unsaturated/α-hetero) is 1. The van der Waals surface area contributed by atoms with Crippen LogP contribution in [0.5, 0.6) is 0 Å². The summed E-state index contributed by atoms with van der Waals surface area (Å²) in [5.41, 5.74) is 5.45. The molecule has 1 fully saturated rings. The number of nitrogens with one attached hydrogen (secondary N) is 1. The van der Waals surface area contributed by atoms with Gasteiger partial charge in [0.1, 0.15) is 0 Å². The molecule has 5 heteroatoms. The summed E-state index contributed by atoms with van der Waals surface area (Å²) in [5, 5.41) is 1.03. The first-order valence-electron chi connectivity index (χ1n) is 12.2. The number of benzene rings is 1. The second kappa shape index (κ2) is 9.30. The molecule has 0 spiro atoms. The molecular weight excluding hydrogens is 410 g/mol. The molecule has 0 bridgehead atoms. The molecule has 3 atom stereocenters. The van der Waals surface area contributed by atoms with Gasteiger partial charge in [-0.15, -0.1) is 0 Å². The maximum Gasteiger partial charge on any atom is 0.251 e. The molecule has 0 radical (unpaired) electrons. The molecule has 4 rings (SSSR count). The van der Waals surface area contributed by atoms with Crippen LogP contribution < -0.4 is 5.56 Å². The largest absolute Gasteiger partial charge is 0.341 e. The Kier molecular flexibility index (Phi) is 6.62. The Morgan fingerprint density at radius 1 is 1.21 bits per heavy atom. The van der Waals surface area contributed by atoms with E-state index in [1.54, 1.807) is 0 Å². The standard InChI is InChI=1S/C28H37N3O2/c1-17-15-18(2)29-28(33)23(17)11-12-26(32)27-21(5)31(25-10-8-7-9-24(25)27)20(4)22-13-14-30(6)19(3)16-22/h7-10,15,19-20,22H,11-14,16H2,1-6H3,(H,29,33). The van der Waals surface area contributed by atoms with E-state index in [1.807, 2.05) is 26.0 Å². The molecular formula is C28H37N3O2. The maximum absolute atomic E-state index is 13.5. The number of hydrogen-bond donors (Lipinski definition) is 1. The van der Waals surface area contributed by atoms with Crippen molar-refractivity contribution in [3.05, 3.63) is 68.8 Å². The van der Waals surface area contributed by atoms with Crippen LogP contribution in [0.3, 0.4) is 0 Å². The first kappa shape index (κ1) is 23.5. The minimum Gasteiger partial charge on any atom is -0.341 e. The second-order valence-corrected chi connectivity index (χ2v) is 10.1. The summed E-state index contributed by atoms with van der Waals surface area (Å²) in [4.78, 5) is 31.3. The van der Waals surface area contributed by atoms with Crippen molar-refractivity contribution in [3.63, 3.8) is 0 Å². The van der Waals surface area contributed by atoms with Gasteiger partial charge in [-0.25, -0.2) is 0 Å². The molecule has 1 saturated heterocycles. The molecule has 176 valence electrons. The van der Waals surface area contributed by atoms with E-state index in [1.165, 1.54) is 12.8 Å². The number of H-pyrrole nitrogens is 1. The Balaban J connectivity index is 1.66. The normalized spacial score (nSPS) is 20.3. The monoisotopic (exact) mass is 447 g/mol. The maximum atomic E-state index is 13.5. The van der Waals surface area contributed by atoms with E-state index in [4.69, 9.17) is 0 Å². The number of ketones is 1. The zero-order valence-corrected chi connectivity index (χ0v) is 20.9. The number of aryl methyl sites for hydroxylation is 2. The number of carbonyl (C=O) groups is 1. The van der Waals surface area contributed by atoms with Gasteiger partial charge in [-0.1, -0.05) is 18.2 Å². The summed E-state index contributed by atoms with van der Waals surface area (Å²) in [6, 6.07) is 11.2. The van der Waals surface area contributed by atoms with Crippen molar-refractivity contribution < 1.29 is 4.79 Å². The van der Waals surface area contributed by atoms with Crippen molar-refractivity contribution in [1.29, 1.82) is 0 Å². The lowest BCUT2D eigenvalue weighted by Crippen LogP contribution is -2.40. The summed E-state index contributed by atoms with van der Waals surface area (Å²) < 4.78 is 2.40. The van der Waals surface area contributed by atoms with E-state index >= 15 is 0 Å². The van der Waals surface area contributed by atoms with Crippen LogP contribution >= 0.6 is 0 Å². The van der Waals surface area contributed by atoms with Gasteiger partial charge in [0.15, 0.2) is 5.78 Å². The molecule has 3 aromatic rings. The van der Waals surface area contributed by atoms with E-state index in [2.05, 4.69) is 60.5 Å². The quantitative estimate of drug-likeness (QED) is 0.518. The third-order valence-electron chi connectivity index (χ3n) is 7.87. The van der Waals surface area contributed by atoms with Crippen LogP contribution in [0.25, 0.3) is 10.9 Å². The summed E-state index contributed by atoms with van der Waals surface area (Å²) >= 11 is 0. The van der Waals surface area contributed by atoms with Gasteiger partial charge < -0.3 is 14.5 Å². The molecule has 3 unspecified atom stereocenters. The molecule has 1 aliphatic heterocycles. The number of aromatic amines is 1. The van der Waals surface area contributed by atoms with Crippen molar-refractivity contribution in [1.82, 2.24) is 14.5 Å². The minimum atomic E-state index is -0.0792. The van der Waals surface area contributed by atoms with Crippen LogP contribution in [0.2, 0.25) is 0 Å². The number of nitrogens with zero attached hydrogens (tertiary/aromatic N) is 2. The highest BCUT2D eigenvalue weighted by molar-refractivity contribution is 6.09. The van der Waals surface area contributed by atoms with E-state index in [0.29, 0.717) is 36.4 Å². The van der Waals surface area contributed by atoms with E-state index in [-0.39, 0.29) is 11.3 Å². The van der Waals surface area contributed by atoms with Crippen molar-refractivity contribution in [2.45, 2.75) is 72.4 Å². The number of fused-ring (bicyclic) bond motifs is 1. The zero-order chi connectivity index (χ0) is 23.9. The number of piperidine rings is 1. The highest BCUT2D eigenvalue weighted by atomic mass is 16.1. The molecule has 1 aliphatic rings. The van der Waals surface area contributed by atoms with Crippen molar-refractivity contribution in [2.24, 2.45) is 5.92 Å². The smallest absolute Gasteiger partial charge is 0.251 e. The Morgan fingerprint density at radius 3 is 2.64 bits per heavy atom. The van der Waals surface area contributed by atoms with Crippen LogP contribution in [-0.2, 0) is 6.42 Å². The first-order chi connectivity index (χ1) is 15.7. The second-order valence-electron chi connectivity index (χ2n) is 10.1. The average Bonchev–Trinajstić information content (AvgIpc) is 3.06. The van der Waals surface area contributed by atoms with Gasteiger partial charge in [0.05, 0.1) is 0 Å². The zero-order valence-electron chi connectivity index (χ0n) is 20.9. The number of para-hydroxylation sites is 1. The lowest BCUT2D eigenvalue weighted by atomic mass is 9.86. The lowest BCUT2D eigenvalue weighted by Gasteiger charge is -2.38. The van der Waals surface area contributed by atoms with Gasteiger partial charge in [-0.2, -0.15) is 0 Å². The van der Waals surface area contributed by atoms with Crippen molar-refractivity contribution in [2.75, 3.05) is 13.6 Å². The fourth-order valence-corrected chi connectivity index (χ4v) is 5.80. The van der Waals surface area contributed by atoms with Crippen molar-refractivity contribution in [3.8, 4) is 0 Å². The van der Waals surface area contributed by atoms with Gasteiger partial charge in [0, 0.05) is 51.9 Å². The Bertz CT molecular complexity index is 1240. The Morgan fingerprint density at radius 2 is 1.94 bits per heavy atom. The highest BCUT2D eigenvalue weighted by Crippen LogP contribution is 2.37. The topological polar surface area (TPSA) is 58.1 Å². The number of hydrogen-bond acceptors (Lipinski definition) is 3. The van der Waals surface area contributed by atoms with Gasteiger partial charge >= 0.3 is 0 Å². The molecule has 2 aromatic heterocycles. The van der Waals surface area contributed by atoms with Crippen LogP contribution in [-0.4, -0.2) is 39.9 Å². The van der Waals surface area contributed by atoms with Crippen LogP contribution in [0, 0.1) is 26.7 Å². The van der Waals surface area contributed by atoms with Crippen LogP contribution in [0.4, 0.5) is 0 Å². The van der Waals surface area contributed by atoms with Crippen LogP contribution in [0.15, 0.2) is 35.1 Å². The fourth-order valence-electron chi connectivity index (χ4n) is 5.80. The summed E-state index contributed by atoms with van der Waals surface area (Å²) in [6.45, 7) is 11.7. The molecule has 5 nitrogen and oxygen atoms in total. The first-order valence-corrected chi connectivity index (χ1v) is 12.2. The number of pyridine rings is 1. The molecule has 0 saturated carbocycles.